The molecule has 0 radical (unpaired) electrons. The molecule has 1 aliphatic rings. The van der Waals surface area contributed by atoms with Gasteiger partial charge in [0.15, 0.2) is 0 Å². The molecule has 0 saturated heterocycles. The Labute approximate surface area is 128 Å². The van der Waals surface area contributed by atoms with Crippen LogP contribution in [0.2, 0.25) is 0 Å². The summed E-state index contributed by atoms with van der Waals surface area (Å²) in [6.07, 6.45) is 7.95. The van der Waals surface area contributed by atoms with E-state index in [-0.39, 0.29) is 11.6 Å². The predicted octanol–water partition coefficient (Wildman–Crippen LogP) is 3.83. The molecule has 3 rings (SSSR count). The molecule has 1 amide bonds. The van der Waals surface area contributed by atoms with Crippen LogP contribution in [0.5, 0.6) is 0 Å². The lowest BCUT2D eigenvalue weighted by molar-refractivity contribution is 0.102. The summed E-state index contributed by atoms with van der Waals surface area (Å²) < 4.78 is 13.6. The van der Waals surface area contributed by atoms with Crippen molar-refractivity contribution in [3.8, 4) is 0 Å². The summed E-state index contributed by atoms with van der Waals surface area (Å²) in [5, 5.41) is 5.96. The normalized spacial score (nSPS) is 14.8. The van der Waals surface area contributed by atoms with Crippen molar-refractivity contribution in [3.05, 3.63) is 54.1 Å². The third kappa shape index (κ3) is 3.42. The van der Waals surface area contributed by atoms with Gasteiger partial charge in [0.1, 0.15) is 5.82 Å². The minimum absolute atomic E-state index is 0.168. The van der Waals surface area contributed by atoms with Gasteiger partial charge in [0.05, 0.1) is 16.9 Å². The molecule has 0 atom stereocenters. The quantitative estimate of drug-likeness (QED) is 0.902. The van der Waals surface area contributed by atoms with Crippen molar-refractivity contribution in [1.82, 2.24) is 4.98 Å². The maximum absolute atomic E-state index is 13.6. The van der Waals surface area contributed by atoms with E-state index in [1.54, 1.807) is 24.4 Å². The lowest BCUT2D eigenvalue weighted by Gasteiger charge is -2.14. The van der Waals surface area contributed by atoms with Crippen LogP contribution in [0, 0.1) is 5.82 Å². The molecule has 2 aromatic rings. The SMILES string of the molecule is O=C(Nc1ccccc1F)c1cncc(NC2CCCC2)c1. The molecule has 0 aliphatic heterocycles. The fourth-order valence-electron chi connectivity index (χ4n) is 2.71. The minimum Gasteiger partial charge on any atom is -0.381 e. The van der Waals surface area contributed by atoms with Crippen LogP contribution in [0.15, 0.2) is 42.7 Å². The molecule has 1 saturated carbocycles. The summed E-state index contributed by atoms with van der Waals surface area (Å²) in [7, 11) is 0. The Morgan fingerprint density at radius 3 is 2.73 bits per heavy atom. The summed E-state index contributed by atoms with van der Waals surface area (Å²) in [6.45, 7) is 0. The van der Waals surface area contributed by atoms with Crippen LogP contribution in [0.3, 0.4) is 0 Å². The van der Waals surface area contributed by atoms with Gasteiger partial charge in [0.25, 0.3) is 5.91 Å². The second kappa shape index (κ2) is 6.56. The summed E-state index contributed by atoms with van der Waals surface area (Å²) in [5.74, 6) is -0.822. The van der Waals surface area contributed by atoms with Gasteiger partial charge in [0.2, 0.25) is 0 Å². The molecule has 0 unspecified atom stereocenters. The smallest absolute Gasteiger partial charge is 0.257 e. The highest BCUT2D eigenvalue weighted by atomic mass is 19.1. The van der Waals surface area contributed by atoms with E-state index in [0.29, 0.717) is 11.6 Å². The van der Waals surface area contributed by atoms with Gasteiger partial charge in [-0.05, 0) is 31.0 Å². The molecule has 1 aromatic heterocycles. The molecule has 0 spiro atoms. The molecule has 114 valence electrons. The van der Waals surface area contributed by atoms with E-state index >= 15 is 0 Å². The zero-order valence-corrected chi connectivity index (χ0v) is 12.2. The second-order valence-corrected chi connectivity index (χ2v) is 5.52. The molecule has 1 aliphatic carbocycles. The number of pyridine rings is 1. The van der Waals surface area contributed by atoms with Crippen LogP contribution in [-0.4, -0.2) is 16.9 Å². The Bertz CT molecular complexity index is 668. The first kappa shape index (κ1) is 14.5. The summed E-state index contributed by atoms with van der Waals surface area (Å²) in [5.41, 5.74) is 1.40. The van der Waals surface area contributed by atoms with Gasteiger partial charge in [-0.25, -0.2) is 4.39 Å². The molecular formula is C17H18FN3O. The van der Waals surface area contributed by atoms with Crippen LogP contribution >= 0.6 is 0 Å². The molecule has 1 aromatic carbocycles. The number of hydrogen-bond donors (Lipinski definition) is 2. The van der Waals surface area contributed by atoms with Gasteiger partial charge in [-0.15, -0.1) is 0 Å². The van der Waals surface area contributed by atoms with Crippen molar-refractivity contribution < 1.29 is 9.18 Å². The van der Waals surface area contributed by atoms with Gasteiger partial charge in [-0.2, -0.15) is 0 Å². The van der Waals surface area contributed by atoms with Gasteiger partial charge < -0.3 is 10.6 Å². The average molecular weight is 299 g/mol. The van der Waals surface area contributed by atoms with Gasteiger partial charge in [0, 0.05) is 18.4 Å². The first-order chi connectivity index (χ1) is 10.7. The number of halogens is 1. The van der Waals surface area contributed by atoms with Crippen molar-refractivity contribution in [1.29, 1.82) is 0 Å². The Morgan fingerprint density at radius 1 is 1.18 bits per heavy atom. The van der Waals surface area contributed by atoms with E-state index in [9.17, 15) is 9.18 Å². The number of para-hydroxylation sites is 1. The zero-order valence-electron chi connectivity index (χ0n) is 12.2. The molecule has 0 bridgehead atoms. The highest BCUT2D eigenvalue weighted by molar-refractivity contribution is 6.04. The maximum Gasteiger partial charge on any atom is 0.257 e. The fourth-order valence-corrected chi connectivity index (χ4v) is 2.71. The Kier molecular flexibility index (Phi) is 4.32. The van der Waals surface area contributed by atoms with Crippen molar-refractivity contribution >= 4 is 17.3 Å². The fraction of sp³-hybridized carbons (Fsp3) is 0.294. The molecule has 1 fully saturated rings. The number of nitrogens with zero attached hydrogens (tertiary/aromatic N) is 1. The Morgan fingerprint density at radius 2 is 1.95 bits per heavy atom. The molecule has 22 heavy (non-hydrogen) atoms. The predicted molar refractivity (Wildman–Crippen MR) is 84.5 cm³/mol. The lowest BCUT2D eigenvalue weighted by atomic mass is 10.2. The largest absolute Gasteiger partial charge is 0.381 e. The van der Waals surface area contributed by atoms with E-state index in [2.05, 4.69) is 15.6 Å². The Hall–Kier alpha value is -2.43. The number of anilines is 2. The first-order valence-electron chi connectivity index (χ1n) is 7.50. The number of aromatic nitrogens is 1. The summed E-state index contributed by atoms with van der Waals surface area (Å²) in [6, 6.07) is 8.30. The van der Waals surface area contributed by atoms with E-state index < -0.39 is 5.82 Å². The standard InChI is InChI=1S/C17H18FN3O/c18-15-7-3-4-8-16(15)21-17(22)12-9-14(11-19-10-12)20-13-5-1-2-6-13/h3-4,7-11,13,20H,1-2,5-6H2,(H,21,22). The number of benzene rings is 1. The number of rotatable bonds is 4. The Balaban J connectivity index is 1.71. The van der Waals surface area contributed by atoms with Crippen molar-refractivity contribution in [2.24, 2.45) is 0 Å². The second-order valence-electron chi connectivity index (χ2n) is 5.52. The van der Waals surface area contributed by atoms with Crippen molar-refractivity contribution in [2.75, 3.05) is 10.6 Å². The lowest BCUT2D eigenvalue weighted by Crippen LogP contribution is -2.17. The molecule has 2 N–H and O–H groups in total. The number of carbonyl (C=O) groups is 1. The summed E-state index contributed by atoms with van der Waals surface area (Å²) in [4.78, 5) is 16.3. The van der Waals surface area contributed by atoms with Gasteiger partial charge >= 0.3 is 0 Å². The highest BCUT2D eigenvalue weighted by Crippen LogP contribution is 2.22. The van der Waals surface area contributed by atoms with Crippen LogP contribution < -0.4 is 10.6 Å². The van der Waals surface area contributed by atoms with Crippen LogP contribution in [0.1, 0.15) is 36.0 Å². The third-order valence-corrected chi connectivity index (χ3v) is 3.85. The average Bonchev–Trinajstić information content (AvgIpc) is 3.03. The highest BCUT2D eigenvalue weighted by Gasteiger charge is 2.15. The number of carbonyl (C=O) groups excluding carboxylic acids is 1. The molecule has 5 heteroatoms. The monoisotopic (exact) mass is 299 g/mol. The maximum atomic E-state index is 13.6. The van der Waals surface area contributed by atoms with Crippen molar-refractivity contribution in [3.63, 3.8) is 0 Å². The number of amides is 1. The van der Waals surface area contributed by atoms with E-state index in [1.807, 2.05) is 0 Å². The summed E-state index contributed by atoms with van der Waals surface area (Å²) >= 11 is 0. The van der Waals surface area contributed by atoms with E-state index in [0.717, 1.165) is 18.5 Å². The van der Waals surface area contributed by atoms with Crippen LogP contribution in [0.4, 0.5) is 15.8 Å². The molecule has 1 heterocycles. The van der Waals surface area contributed by atoms with Crippen LogP contribution in [-0.2, 0) is 0 Å². The number of nitrogens with one attached hydrogen (secondary N) is 2. The van der Waals surface area contributed by atoms with Crippen LogP contribution in [0.25, 0.3) is 0 Å². The molecule has 4 nitrogen and oxygen atoms in total. The molecular weight excluding hydrogens is 281 g/mol. The zero-order chi connectivity index (χ0) is 15.4. The number of hydrogen-bond acceptors (Lipinski definition) is 3. The topological polar surface area (TPSA) is 54.0 Å². The van der Waals surface area contributed by atoms with E-state index in [4.69, 9.17) is 0 Å². The van der Waals surface area contributed by atoms with Gasteiger partial charge in [-0.3, -0.25) is 9.78 Å². The first-order valence-corrected chi connectivity index (χ1v) is 7.50. The van der Waals surface area contributed by atoms with E-state index in [1.165, 1.54) is 31.2 Å². The van der Waals surface area contributed by atoms with Crippen molar-refractivity contribution in [2.45, 2.75) is 31.7 Å². The van der Waals surface area contributed by atoms with Gasteiger partial charge in [-0.1, -0.05) is 25.0 Å². The third-order valence-electron chi connectivity index (χ3n) is 3.85. The minimum atomic E-state index is -0.455.